The monoisotopic (exact) mass is 395 g/mol. The van der Waals surface area contributed by atoms with E-state index >= 15 is 0 Å². The maximum atomic E-state index is 13.7. The van der Waals surface area contributed by atoms with Gasteiger partial charge >= 0.3 is 0 Å². The minimum atomic E-state index is -0.271. The van der Waals surface area contributed by atoms with Crippen LogP contribution in [0.1, 0.15) is 31.4 Å². The van der Waals surface area contributed by atoms with Gasteiger partial charge in [0, 0.05) is 12.1 Å². The number of hydrogen-bond acceptors (Lipinski definition) is 3. The molecule has 130 valence electrons. The summed E-state index contributed by atoms with van der Waals surface area (Å²) in [6.07, 6.45) is 1.09. The Hall–Kier alpha value is -1.59. The molecule has 0 aliphatic heterocycles. The predicted octanol–water partition coefficient (Wildman–Crippen LogP) is 5.07. The van der Waals surface area contributed by atoms with Crippen molar-refractivity contribution in [3.8, 4) is 11.5 Å². The average molecular weight is 396 g/mol. The molecule has 0 unspecified atom stereocenters. The predicted molar refractivity (Wildman–Crippen MR) is 98.0 cm³/mol. The second-order valence-electron chi connectivity index (χ2n) is 5.39. The number of nitrogens with one attached hydrogen (secondary N) is 1. The largest absolute Gasteiger partial charge is 0.490 e. The molecular weight excluding hydrogens is 373 g/mol. The highest BCUT2D eigenvalue weighted by molar-refractivity contribution is 9.10. The summed E-state index contributed by atoms with van der Waals surface area (Å²) < 4.78 is 26.1. The number of benzene rings is 2. The van der Waals surface area contributed by atoms with Crippen LogP contribution in [-0.2, 0) is 13.2 Å². The molecule has 0 aliphatic rings. The highest BCUT2D eigenvalue weighted by Gasteiger charge is 2.13. The summed E-state index contributed by atoms with van der Waals surface area (Å²) in [4.78, 5) is 0. The molecule has 2 aromatic rings. The first-order valence-electron chi connectivity index (χ1n) is 8.17. The normalized spacial score (nSPS) is 10.7. The van der Waals surface area contributed by atoms with Gasteiger partial charge in [-0.25, -0.2) is 4.39 Å². The smallest absolute Gasteiger partial charge is 0.175 e. The fourth-order valence-corrected chi connectivity index (χ4v) is 2.91. The van der Waals surface area contributed by atoms with E-state index in [9.17, 15) is 4.39 Å². The van der Waals surface area contributed by atoms with Crippen molar-refractivity contribution >= 4 is 15.9 Å². The molecule has 1 N–H and O–H groups in total. The van der Waals surface area contributed by atoms with Gasteiger partial charge in [0.05, 0.1) is 11.1 Å². The summed E-state index contributed by atoms with van der Waals surface area (Å²) in [6.45, 7) is 6.48. The molecule has 24 heavy (non-hydrogen) atoms. The van der Waals surface area contributed by atoms with Gasteiger partial charge in [-0.3, -0.25) is 0 Å². The fourth-order valence-electron chi connectivity index (χ4n) is 2.30. The van der Waals surface area contributed by atoms with Crippen LogP contribution in [0.5, 0.6) is 11.5 Å². The van der Waals surface area contributed by atoms with E-state index in [2.05, 4.69) is 28.2 Å². The van der Waals surface area contributed by atoms with E-state index < -0.39 is 0 Å². The van der Waals surface area contributed by atoms with Gasteiger partial charge in [-0.05, 0) is 59.6 Å². The van der Waals surface area contributed by atoms with Crippen LogP contribution in [0, 0.1) is 5.82 Å². The lowest BCUT2D eigenvalue weighted by Crippen LogP contribution is -2.14. The molecule has 3 nitrogen and oxygen atoms in total. The maximum Gasteiger partial charge on any atom is 0.175 e. The van der Waals surface area contributed by atoms with Gasteiger partial charge in [0.2, 0.25) is 0 Å². The topological polar surface area (TPSA) is 30.5 Å². The molecule has 5 heteroatoms. The molecule has 0 aliphatic carbocycles. The summed E-state index contributed by atoms with van der Waals surface area (Å²) in [5.41, 5.74) is 1.62. The third-order valence-electron chi connectivity index (χ3n) is 3.45. The zero-order chi connectivity index (χ0) is 17.4. The van der Waals surface area contributed by atoms with Crippen LogP contribution >= 0.6 is 15.9 Å². The van der Waals surface area contributed by atoms with Crippen LogP contribution in [0.15, 0.2) is 40.9 Å². The van der Waals surface area contributed by atoms with E-state index in [1.807, 2.05) is 19.1 Å². The molecule has 0 fully saturated rings. The van der Waals surface area contributed by atoms with Crippen LogP contribution < -0.4 is 14.8 Å². The summed E-state index contributed by atoms with van der Waals surface area (Å²) in [6, 6.07) is 10.6. The highest BCUT2D eigenvalue weighted by Crippen LogP contribution is 2.37. The van der Waals surface area contributed by atoms with Crippen LogP contribution in [0.3, 0.4) is 0 Å². The van der Waals surface area contributed by atoms with E-state index in [0.29, 0.717) is 23.7 Å². The van der Waals surface area contributed by atoms with Crippen molar-refractivity contribution in [1.82, 2.24) is 5.32 Å². The Morgan fingerprint density at radius 1 is 1.12 bits per heavy atom. The molecule has 0 amide bonds. The lowest BCUT2D eigenvalue weighted by molar-refractivity contribution is 0.264. The molecular formula is C19H23BrFNO2. The highest BCUT2D eigenvalue weighted by atomic mass is 79.9. The maximum absolute atomic E-state index is 13.7. The van der Waals surface area contributed by atoms with E-state index in [1.54, 1.807) is 18.2 Å². The Labute approximate surface area is 151 Å². The minimum absolute atomic E-state index is 0.152. The second kappa shape index (κ2) is 9.64. The lowest BCUT2D eigenvalue weighted by Gasteiger charge is -2.16. The van der Waals surface area contributed by atoms with Gasteiger partial charge in [0.25, 0.3) is 0 Å². The molecule has 2 rings (SSSR count). The second-order valence-corrected chi connectivity index (χ2v) is 6.25. The molecule has 0 atom stereocenters. The van der Waals surface area contributed by atoms with Crippen LogP contribution in [0.4, 0.5) is 4.39 Å². The van der Waals surface area contributed by atoms with Crippen molar-refractivity contribution in [2.24, 2.45) is 0 Å². The zero-order valence-corrected chi connectivity index (χ0v) is 15.7. The number of halogens is 2. The molecule has 0 aromatic heterocycles. The number of hydrogen-bond donors (Lipinski definition) is 1. The molecule has 0 bridgehead atoms. The van der Waals surface area contributed by atoms with Gasteiger partial charge in [-0.2, -0.15) is 0 Å². The van der Waals surface area contributed by atoms with E-state index in [4.69, 9.17) is 9.47 Å². The first kappa shape index (κ1) is 18.7. The summed E-state index contributed by atoms with van der Waals surface area (Å²) in [5.74, 6) is 0.989. The van der Waals surface area contributed by atoms with Gasteiger partial charge in [0.15, 0.2) is 11.5 Å². The van der Waals surface area contributed by atoms with Crippen LogP contribution in [0.25, 0.3) is 0 Å². The van der Waals surface area contributed by atoms with Gasteiger partial charge < -0.3 is 14.8 Å². The lowest BCUT2D eigenvalue weighted by atomic mass is 10.2. The van der Waals surface area contributed by atoms with Crippen LogP contribution in [-0.4, -0.2) is 13.2 Å². The van der Waals surface area contributed by atoms with E-state index in [-0.39, 0.29) is 12.4 Å². The standard InChI is InChI=1S/C19H23BrFNO2/c1-3-9-22-12-14-10-16(20)19(18(11-14)23-4-2)24-13-15-7-5-6-8-17(15)21/h5-8,10-11,22H,3-4,9,12-13H2,1-2H3. The Morgan fingerprint density at radius 2 is 1.92 bits per heavy atom. The Kier molecular flexibility index (Phi) is 7.53. The molecule has 2 aromatic carbocycles. The Bertz CT molecular complexity index is 664. The summed E-state index contributed by atoms with van der Waals surface area (Å²) >= 11 is 3.54. The Balaban J connectivity index is 2.16. The first-order valence-corrected chi connectivity index (χ1v) is 8.97. The molecule has 0 radical (unpaired) electrons. The molecule has 0 saturated heterocycles. The first-order chi connectivity index (χ1) is 11.7. The molecule has 0 heterocycles. The summed E-state index contributed by atoms with van der Waals surface area (Å²) in [7, 11) is 0. The summed E-state index contributed by atoms with van der Waals surface area (Å²) in [5, 5.41) is 3.37. The third-order valence-corrected chi connectivity index (χ3v) is 4.04. The third kappa shape index (κ3) is 5.21. The minimum Gasteiger partial charge on any atom is -0.490 e. The SMILES string of the molecule is CCCNCc1cc(Br)c(OCc2ccccc2F)c(OCC)c1. The van der Waals surface area contributed by atoms with E-state index in [0.717, 1.165) is 29.5 Å². The number of ether oxygens (including phenoxy) is 2. The number of rotatable bonds is 9. The van der Waals surface area contributed by atoms with Crippen molar-refractivity contribution < 1.29 is 13.9 Å². The zero-order valence-electron chi connectivity index (χ0n) is 14.1. The fraction of sp³-hybridized carbons (Fsp3) is 0.368. The van der Waals surface area contributed by atoms with Crippen molar-refractivity contribution in [3.05, 3.63) is 57.8 Å². The van der Waals surface area contributed by atoms with Gasteiger partial charge in [0.1, 0.15) is 12.4 Å². The quantitative estimate of drug-likeness (QED) is 0.601. The van der Waals surface area contributed by atoms with Gasteiger partial charge in [-0.15, -0.1) is 0 Å². The molecule has 0 saturated carbocycles. The molecule has 0 spiro atoms. The van der Waals surface area contributed by atoms with Crippen molar-refractivity contribution in [2.75, 3.05) is 13.2 Å². The van der Waals surface area contributed by atoms with Crippen molar-refractivity contribution in [3.63, 3.8) is 0 Å². The van der Waals surface area contributed by atoms with E-state index in [1.165, 1.54) is 6.07 Å². The van der Waals surface area contributed by atoms with Gasteiger partial charge in [-0.1, -0.05) is 25.1 Å². The Morgan fingerprint density at radius 3 is 2.62 bits per heavy atom. The van der Waals surface area contributed by atoms with Crippen LogP contribution in [0.2, 0.25) is 0 Å². The van der Waals surface area contributed by atoms with Crippen molar-refractivity contribution in [2.45, 2.75) is 33.4 Å². The average Bonchev–Trinajstić information content (AvgIpc) is 2.56. The van der Waals surface area contributed by atoms with Crippen molar-refractivity contribution in [1.29, 1.82) is 0 Å².